The first-order valence-electron chi connectivity index (χ1n) is 9.06. The second-order valence-electron chi connectivity index (χ2n) is 6.93. The molecule has 0 aliphatic carbocycles. The van der Waals surface area contributed by atoms with Crippen LogP contribution in [0.15, 0.2) is 35.5 Å². The molecule has 7 heteroatoms. The van der Waals surface area contributed by atoms with Crippen LogP contribution in [0.25, 0.3) is 0 Å². The van der Waals surface area contributed by atoms with Gasteiger partial charge in [-0.3, -0.25) is 4.79 Å². The van der Waals surface area contributed by atoms with Crippen LogP contribution in [0.1, 0.15) is 45.7 Å². The Kier molecular flexibility index (Phi) is 6.96. The lowest BCUT2D eigenvalue weighted by Crippen LogP contribution is -2.46. The maximum atomic E-state index is 12.6. The Hall–Kier alpha value is -2.41. The fourth-order valence-corrected chi connectivity index (χ4v) is 3.19. The Balaban J connectivity index is 2.36. The molecule has 1 aliphatic rings. The van der Waals surface area contributed by atoms with Crippen molar-refractivity contribution in [2.45, 2.75) is 40.2 Å². The van der Waals surface area contributed by atoms with Crippen molar-refractivity contribution in [1.82, 2.24) is 10.2 Å². The highest BCUT2D eigenvalue weighted by Gasteiger charge is 2.33. The van der Waals surface area contributed by atoms with Gasteiger partial charge in [-0.25, -0.2) is 4.79 Å². The number of nitrogens with one attached hydrogen (secondary N) is 2. The number of nitrogens with zero attached hydrogens (tertiary/aromatic N) is 1. The van der Waals surface area contributed by atoms with Crippen LogP contribution in [0, 0.1) is 5.92 Å². The lowest BCUT2D eigenvalue weighted by molar-refractivity contribution is -0.139. The lowest BCUT2D eigenvalue weighted by atomic mass is 9.95. The first-order chi connectivity index (χ1) is 12.7. The molecule has 1 atom stereocenters. The van der Waals surface area contributed by atoms with E-state index in [1.165, 1.54) is 0 Å². The molecule has 0 saturated carbocycles. The Bertz CT molecular complexity index is 773. The summed E-state index contributed by atoms with van der Waals surface area (Å²) in [5.74, 6) is -0.135. The van der Waals surface area contributed by atoms with Crippen molar-refractivity contribution >= 4 is 34.9 Å². The Morgan fingerprint density at radius 1 is 1.37 bits per heavy atom. The lowest BCUT2D eigenvalue weighted by Gasteiger charge is -2.35. The monoisotopic (exact) mass is 389 g/mol. The third kappa shape index (κ3) is 5.07. The molecular formula is C20H27N3O3S. The summed E-state index contributed by atoms with van der Waals surface area (Å²) in [5, 5.41) is 6.64. The molecule has 1 aromatic carbocycles. The van der Waals surface area contributed by atoms with Crippen molar-refractivity contribution in [3.05, 3.63) is 41.1 Å². The van der Waals surface area contributed by atoms with Gasteiger partial charge in [-0.1, -0.05) is 26.0 Å². The van der Waals surface area contributed by atoms with Gasteiger partial charge in [-0.05, 0) is 49.7 Å². The number of allylic oxidation sites excluding steroid dienone is 1. The SMILES string of the molecule is CCOC(=O)C1=C(C)N(C)C(=S)N[C@@H]1c1cccc(NC(=O)CC(C)C)c1. The molecule has 0 unspecified atom stereocenters. The van der Waals surface area contributed by atoms with Crippen LogP contribution in [0.4, 0.5) is 5.69 Å². The van der Waals surface area contributed by atoms with Crippen molar-refractivity contribution in [2.75, 3.05) is 19.0 Å². The molecule has 146 valence electrons. The van der Waals surface area contributed by atoms with Gasteiger partial charge >= 0.3 is 5.97 Å². The molecule has 0 fully saturated rings. The summed E-state index contributed by atoms with van der Waals surface area (Å²) in [5.41, 5.74) is 2.77. The smallest absolute Gasteiger partial charge is 0.338 e. The molecule has 1 heterocycles. The standard InChI is InChI=1S/C20H27N3O3S/c1-6-26-19(25)17-13(4)23(5)20(27)22-18(17)14-8-7-9-15(11-14)21-16(24)10-12(2)3/h7-9,11-12,18H,6,10H2,1-5H3,(H,21,24)(H,22,27)/t18-/m1/s1. The molecule has 0 aromatic heterocycles. The summed E-state index contributed by atoms with van der Waals surface area (Å²) in [7, 11) is 1.81. The number of rotatable bonds is 6. The van der Waals surface area contributed by atoms with E-state index in [0.717, 1.165) is 11.3 Å². The quantitative estimate of drug-likeness (QED) is 0.574. The average molecular weight is 390 g/mol. The number of carbonyl (C=O) groups excluding carboxylic acids is 2. The minimum atomic E-state index is -0.435. The zero-order chi connectivity index (χ0) is 20.1. The van der Waals surface area contributed by atoms with Crippen LogP contribution < -0.4 is 10.6 Å². The fraction of sp³-hybridized carbons (Fsp3) is 0.450. The number of ether oxygens (including phenoxy) is 1. The van der Waals surface area contributed by atoms with Gasteiger partial charge in [-0.15, -0.1) is 0 Å². The van der Waals surface area contributed by atoms with E-state index in [-0.39, 0.29) is 17.8 Å². The van der Waals surface area contributed by atoms with Crippen molar-refractivity contribution < 1.29 is 14.3 Å². The average Bonchev–Trinajstić information content (AvgIpc) is 2.58. The molecule has 0 radical (unpaired) electrons. The summed E-state index contributed by atoms with van der Waals surface area (Å²) in [6, 6.07) is 7.00. The number of thiocarbonyl (C=S) groups is 1. The van der Waals surface area contributed by atoms with Crippen molar-refractivity contribution in [2.24, 2.45) is 5.92 Å². The van der Waals surface area contributed by atoms with Gasteiger partial charge < -0.3 is 20.3 Å². The first-order valence-corrected chi connectivity index (χ1v) is 9.47. The van der Waals surface area contributed by atoms with E-state index in [1.807, 2.05) is 52.1 Å². The number of anilines is 1. The van der Waals surface area contributed by atoms with E-state index < -0.39 is 6.04 Å². The Morgan fingerprint density at radius 2 is 2.07 bits per heavy atom. The highest BCUT2D eigenvalue weighted by atomic mass is 32.1. The van der Waals surface area contributed by atoms with Crippen LogP contribution in [0.2, 0.25) is 0 Å². The van der Waals surface area contributed by atoms with E-state index in [9.17, 15) is 9.59 Å². The van der Waals surface area contributed by atoms with E-state index in [2.05, 4.69) is 10.6 Å². The molecular weight excluding hydrogens is 362 g/mol. The van der Waals surface area contributed by atoms with Crippen molar-refractivity contribution in [3.8, 4) is 0 Å². The van der Waals surface area contributed by atoms with Crippen LogP contribution in [-0.4, -0.2) is 35.5 Å². The second-order valence-corrected chi connectivity index (χ2v) is 7.32. The van der Waals surface area contributed by atoms with Gasteiger partial charge in [0.1, 0.15) is 0 Å². The topological polar surface area (TPSA) is 70.7 Å². The van der Waals surface area contributed by atoms with Crippen LogP contribution >= 0.6 is 12.2 Å². The zero-order valence-corrected chi connectivity index (χ0v) is 17.3. The van der Waals surface area contributed by atoms with Gasteiger partial charge in [-0.2, -0.15) is 0 Å². The number of hydrogen-bond donors (Lipinski definition) is 2. The van der Waals surface area contributed by atoms with E-state index in [1.54, 1.807) is 11.8 Å². The zero-order valence-electron chi connectivity index (χ0n) is 16.5. The van der Waals surface area contributed by atoms with Gasteiger partial charge in [0.05, 0.1) is 18.2 Å². The molecule has 1 amide bonds. The van der Waals surface area contributed by atoms with Gasteiger partial charge in [0.25, 0.3) is 0 Å². The summed E-state index contributed by atoms with van der Waals surface area (Å²) >= 11 is 5.40. The predicted octanol–water partition coefficient (Wildman–Crippen LogP) is 3.37. The summed E-state index contributed by atoms with van der Waals surface area (Å²) in [4.78, 5) is 26.4. The maximum Gasteiger partial charge on any atom is 0.338 e. The van der Waals surface area contributed by atoms with Gasteiger partial charge in [0, 0.05) is 24.9 Å². The largest absolute Gasteiger partial charge is 0.463 e. The van der Waals surface area contributed by atoms with Crippen molar-refractivity contribution in [1.29, 1.82) is 0 Å². The fourth-order valence-electron chi connectivity index (χ4n) is 2.94. The first kappa shape index (κ1) is 20.9. The maximum absolute atomic E-state index is 12.6. The van der Waals surface area contributed by atoms with E-state index >= 15 is 0 Å². The molecule has 0 saturated heterocycles. The highest BCUT2D eigenvalue weighted by molar-refractivity contribution is 7.80. The normalized spacial score (nSPS) is 17.0. The molecule has 1 aromatic rings. The van der Waals surface area contributed by atoms with E-state index in [0.29, 0.717) is 29.4 Å². The van der Waals surface area contributed by atoms with Crippen LogP contribution in [0.3, 0.4) is 0 Å². The minimum Gasteiger partial charge on any atom is -0.463 e. The number of benzene rings is 1. The molecule has 0 bridgehead atoms. The van der Waals surface area contributed by atoms with E-state index in [4.69, 9.17) is 17.0 Å². The summed E-state index contributed by atoms with van der Waals surface area (Å²) in [6.45, 7) is 7.91. The number of amides is 1. The highest BCUT2D eigenvalue weighted by Crippen LogP contribution is 2.31. The van der Waals surface area contributed by atoms with Crippen LogP contribution in [-0.2, 0) is 14.3 Å². The predicted molar refractivity (Wildman–Crippen MR) is 110 cm³/mol. The number of esters is 1. The second kappa shape index (κ2) is 8.99. The molecule has 1 aliphatic heterocycles. The Morgan fingerprint density at radius 3 is 2.70 bits per heavy atom. The van der Waals surface area contributed by atoms with Gasteiger partial charge in [0.2, 0.25) is 5.91 Å². The minimum absolute atomic E-state index is 0.0358. The molecule has 2 rings (SSSR count). The summed E-state index contributed by atoms with van der Waals surface area (Å²) < 4.78 is 5.25. The van der Waals surface area contributed by atoms with Gasteiger partial charge in [0.15, 0.2) is 5.11 Å². The molecule has 2 N–H and O–H groups in total. The molecule has 27 heavy (non-hydrogen) atoms. The third-order valence-electron chi connectivity index (χ3n) is 4.35. The number of hydrogen-bond acceptors (Lipinski definition) is 4. The molecule has 0 spiro atoms. The Labute approximate surface area is 166 Å². The summed E-state index contributed by atoms with van der Waals surface area (Å²) in [6.07, 6.45) is 0.452. The van der Waals surface area contributed by atoms with Crippen LogP contribution in [0.5, 0.6) is 0 Å². The number of carbonyl (C=O) groups is 2. The third-order valence-corrected chi connectivity index (χ3v) is 4.74. The van der Waals surface area contributed by atoms with Crippen molar-refractivity contribution in [3.63, 3.8) is 0 Å². The molecule has 6 nitrogen and oxygen atoms in total.